The first-order valence-corrected chi connectivity index (χ1v) is 8.00. The highest BCUT2D eigenvalue weighted by atomic mass is 16.5. The minimum Gasteiger partial charge on any atom is -0.493 e. The summed E-state index contributed by atoms with van der Waals surface area (Å²) in [5.74, 6) is 1.63. The van der Waals surface area contributed by atoms with E-state index in [1.54, 1.807) is 7.11 Å². The van der Waals surface area contributed by atoms with Crippen LogP contribution in [-0.4, -0.2) is 26.3 Å². The van der Waals surface area contributed by atoms with Gasteiger partial charge in [-0.05, 0) is 30.4 Å². The zero-order chi connectivity index (χ0) is 15.7. The molecule has 0 heterocycles. The molecule has 120 valence electrons. The summed E-state index contributed by atoms with van der Waals surface area (Å²) in [4.78, 5) is 0. The number of hydrogen-bond acceptors (Lipinski definition) is 3. The molecule has 1 aromatic rings. The number of rotatable bonds is 10. The van der Waals surface area contributed by atoms with E-state index in [0.717, 1.165) is 31.1 Å². The Morgan fingerprint density at radius 3 is 2.38 bits per heavy atom. The monoisotopic (exact) mass is 293 g/mol. The van der Waals surface area contributed by atoms with Gasteiger partial charge in [0.05, 0.1) is 13.7 Å². The van der Waals surface area contributed by atoms with Gasteiger partial charge in [0.25, 0.3) is 0 Å². The van der Waals surface area contributed by atoms with Gasteiger partial charge in [-0.3, -0.25) is 0 Å². The number of benzene rings is 1. The Hall–Kier alpha value is -1.22. The fourth-order valence-electron chi connectivity index (χ4n) is 2.50. The van der Waals surface area contributed by atoms with Crippen LogP contribution in [0.4, 0.5) is 0 Å². The van der Waals surface area contributed by atoms with Crippen LogP contribution < -0.4 is 14.8 Å². The highest BCUT2D eigenvalue weighted by Gasteiger charge is 2.23. The molecule has 0 aliphatic rings. The molecule has 0 aliphatic carbocycles. The maximum Gasteiger partial charge on any atom is 0.161 e. The Kier molecular flexibility index (Phi) is 7.58. The van der Waals surface area contributed by atoms with Crippen LogP contribution >= 0.6 is 0 Å². The summed E-state index contributed by atoms with van der Waals surface area (Å²) in [6.45, 7) is 10.7. The number of para-hydroxylation sites is 2. The lowest BCUT2D eigenvalue weighted by Gasteiger charge is -2.30. The van der Waals surface area contributed by atoms with Crippen LogP contribution in [0.3, 0.4) is 0 Å². The molecule has 0 radical (unpaired) electrons. The van der Waals surface area contributed by atoms with Crippen LogP contribution in [0.5, 0.6) is 11.5 Å². The molecule has 1 unspecified atom stereocenters. The van der Waals surface area contributed by atoms with Crippen molar-refractivity contribution in [2.45, 2.75) is 53.0 Å². The fourth-order valence-corrected chi connectivity index (χ4v) is 2.50. The second-order valence-corrected chi connectivity index (χ2v) is 6.35. The summed E-state index contributed by atoms with van der Waals surface area (Å²) in [7, 11) is 1.68. The summed E-state index contributed by atoms with van der Waals surface area (Å²) < 4.78 is 11.2. The molecule has 0 aliphatic heterocycles. The number of methoxy groups -OCH3 is 1. The van der Waals surface area contributed by atoms with Gasteiger partial charge in [0.2, 0.25) is 0 Å². The SMILES string of the molecule is CCCC(C)(CCOc1ccccc1OC)CNC(C)C. The summed E-state index contributed by atoms with van der Waals surface area (Å²) in [5, 5.41) is 3.56. The Labute approximate surface area is 130 Å². The van der Waals surface area contributed by atoms with E-state index in [-0.39, 0.29) is 5.41 Å². The largest absolute Gasteiger partial charge is 0.493 e. The van der Waals surface area contributed by atoms with E-state index >= 15 is 0 Å². The number of ether oxygens (including phenoxy) is 2. The van der Waals surface area contributed by atoms with Crippen LogP contribution in [0.1, 0.15) is 47.0 Å². The zero-order valence-electron chi connectivity index (χ0n) is 14.2. The Morgan fingerprint density at radius 2 is 1.81 bits per heavy atom. The average molecular weight is 293 g/mol. The Morgan fingerprint density at radius 1 is 1.14 bits per heavy atom. The van der Waals surface area contributed by atoms with Gasteiger partial charge in [-0.1, -0.05) is 46.2 Å². The van der Waals surface area contributed by atoms with E-state index in [2.05, 4.69) is 33.0 Å². The van der Waals surface area contributed by atoms with E-state index in [9.17, 15) is 0 Å². The van der Waals surface area contributed by atoms with Gasteiger partial charge in [0.1, 0.15) is 0 Å². The molecular weight excluding hydrogens is 262 g/mol. The smallest absolute Gasteiger partial charge is 0.161 e. The van der Waals surface area contributed by atoms with Crippen molar-refractivity contribution in [3.05, 3.63) is 24.3 Å². The second-order valence-electron chi connectivity index (χ2n) is 6.35. The molecule has 0 saturated heterocycles. The van der Waals surface area contributed by atoms with Crippen molar-refractivity contribution in [2.75, 3.05) is 20.3 Å². The van der Waals surface area contributed by atoms with Gasteiger partial charge in [-0.25, -0.2) is 0 Å². The molecule has 0 aromatic heterocycles. The molecule has 21 heavy (non-hydrogen) atoms. The predicted molar refractivity (Wildman–Crippen MR) is 89.3 cm³/mol. The Balaban J connectivity index is 2.53. The van der Waals surface area contributed by atoms with E-state index in [1.165, 1.54) is 12.8 Å². The lowest BCUT2D eigenvalue weighted by atomic mass is 9.82. The highest BCUT2D eigenvalue weighted by molar-refractivity contribution is 5.39. The van der Waals surface area contributed by atoms with E-state index in [0.29, 0.717) is 6.04 Å². The lowest BCUT2D eigenvalue weighted by molar-refractivity contribution is 0.186. The molecule has 0 saturated carbocycles. The molecule has 0 fully saturated rings. The van der Waals surface area contributed by atoms with Gasteiger partial charge in [0, 0.05) is 12.6 Å². The minimum atomic E-state index is 0.279. The van der Waals surface area contributed by atoms with Gasteiger partial charge in [0.15, 0.2) is 11.5 Å². The summed E-state index contributed by atoms with van der Waals surface area (Å²) in [6.07, 6.45) is 3.45. The van der Waals surface area contributed by atoms with Gasteiger partial charge in [-0.15, -0.1) is 0 Å². The van der Waals surface area contributed by atoms with Crippen molar-refractivity contribution in [3.63, 3.8) is 0 Å². The lowest BCUT2D eigenvalue weighted by Crippen LogP contribution is -2.36. The second kappa shape index (κ2) is 8.93. The fraction of sp³-hybridized carbons (Fsp3) is 0.667. The normalized spacial score (nSPS) is 14.0. The van der Waals surface area contributed by atoms with E-state index in [4.69, 9.17) is 9.47 Å². The van der Waals surface area contributed by atoms with Crippen LogP contribution in [0.25, 0.3) is 0 Å². The molecule has 3 heteroatoms. The van der Waals surface area contributed by atoms with Crippen molar-refractivity contribution >= 4 is 0 Å². The topological polar surface area (TPSA) is 30.5 Å². The van der Waals surface area contributed by atoms with Gasteiger partial charge < -0.3 is 14.8 Å². The third-order valence-corrected chi connectivity index (χ3v) is 3.82. The first kappa shape index (κ1) is 17.8. The van der Waals surface area contributed by atoms with E-state index < -0.39 is 0 Å². The standard InChI is InChI=1S/C18H31NO2/c1-6-11-18(4,14-19-15(2)3)12-13-21-17-10-8-7-9-16(17)20-5/h7-10,15,19H,6,11-14H2,1-5H3. The van der Waals surface area contributed by atoms with Crippen molar-refractivity contribution in [1.29, 1.82) is 0 Å². The maximum atomic E-state index is 5.92. The third-order valence-electron chi connectivity index (χ3n) is 3.82. The first-order valence-electron chi connectivity index (χ1n) is 8.00. The third kappa shape index (κ3) is 6.38. The van der Waals surface area contributed by atoms with Gasteiger partial charge >= 0.3 is 0 Å². The maximum absolute atomic E-state index is 5.92. The number of nitrogens with one attached hydrogen (secondary N) is 1. The zero-order valence-corrected chi connectivity index (χ0v) is 14.2. The van der Waals surface area contributed by atoms with E-state index in [1.807, 2.05) is 24.3 Å². The molecule has 1 aromatic carbocycles. The Bertz CT molecular complexity index is 406. The van der Waals surface area contributed by atoms with Crippen LogP contribution in [0.2, 0.25) is 0 Å². The van der Waals surface area contributed by atoms with Crippen molar-refractivity contribution in [2.24, 2.45) is 5.41 Å². The molecule has 0 bridgehead atoms. The quantitative estimate of drug-likeness (QED) is 0.699. The van der Waals surface area contributed by atoms with Crippen LogP contribution in [0, 0.1) is 5.41 Å². The minimum absolute atomic E-state index is 0.279. The molecule has 0 amide bonds. The summed E-state index contributed by atoms with van der Waals surface area (Å²) in [5.41, 5.74) is 0.279. The first-order chi connectivity index (χ1) is 10.0. The van der Waals surface area contributed by atoms with Crippen LogP contribution in [0.15, 0.2) is 24.3 Å². The van der Waals surface area contributed by atoms with Crippen molar-refractivity contribution < 1.29 is 9.47 Å². The number of hydrogen-bond donors (Lipinski definition) is 1. The highest BCUT2D eigenvalue weighted by Crippen LogP contribution is 2.30. The molecule has 1 rings (SSSR count). The molecular formula is C18H31NO2. The molecule has 1 N–H and O–H groups in total. The molecule has 3 nitrogen and oxygen atoms in total. The van der Waals surface area contributed by atoms with Crippen molar-refractivity contribution in [1.82, 2.24) is 5.32 Å². The summed E-state index contributed by atoms with van der Waals surface area (Å²) >= 11 is 0. The van der Waals surface area contributed by atoms with Gasteiger partial charge in [-0.2, -0.15) is 0 Å². The predicted octanol–water partition coefficient (Wildman–Crippen LogP) is 4.27. The molecule has 0 spiro atoms. The molecule has 1 atom stereocenters. The average Bonchev–Trinajstić information content (AvgIpc) is 2.46. The van der Waals surface area contributed by atoms with Crippen molar-refractivity contribution in [3.8, 4) is 11.5 Å². The summed E-state index contributed by atoms with van der Waals surface area (Å²) in [6, 6.07) is 8.35. The van der Waals surface area contributed by atoms with Crippen LogP contribution in [-0.2, 0) is 0 Å².